The van der Waals surface area contributed by atoms with Crippen LogP contribution >= 0.6 is 12.2 Å². The molecule has 134 valence electrons. The van der Waals surface area contributed by atoms with Crippen molar-refractivity contribution in [3.05, 3.63) is 36.0 Å². The molecule has 6 heteroatoms. The summed E-state index contributed by atoms with van der Waals surface area (Å²) in [4.78, 5) is 15.3. The Morgan fingerprint density at radius 2 is 2.04 bits per heavy atom. The Labute approximate surface area is 153 Å². The van der Waals surface area contributed by atoms with E-state index in [9.17, 15) is 4.79 Å². The maximum atomic E-state index is 12.1. The molecule has 0 bridgehead atoms. The van der Waals surface area contributed by atoms with E-state index in [1.165, 1.54) is 24.6 Å². The van der Waals surface area contributed by atoms with E-state index >= 15 is 0 Å². The molecule has 1 fully saturated rings. The van der Waals surface area contributed by atoms with Crippen LogP contribution in [0.25, 0.3) is 10.9 Å². The highest BCUT2D eigenvalue weighted by atomic mass is 32.1. The molecular formula is C19H26N4OS. The molecule has 1 aromatic heterocycles. The molecule has 1 heterocycles. The number of carbonyl (C=O) groups is 1. The Hall–Kier alpha value is -2.08. The maximum absolute atomic E-state index is 12.1. The number of fused-ring (bicyclic) bond motifs is 1. The average molecular weight is 359 g/mol. The van der Waals surface area contributed by atoms with Crippen molar-refractivity contribution in [1.82, 2.24) is 21.2 Å². The molecule has 0 unspecified atom stereocenters. The largest absolute Gasteiger partial charge is 0.361 e. The first-order valence-corrected chi connectivity index (χ1v) is 9.44. The molecule has 2 atom stereocenters. The zero-order chi connectivity index (χ0) is 17.6. The van der Waals surface area contributed by atoms with E-state index < -0.39 is 0 Å². The van der Waals surface area contributed by atoms with Crippen LogP contribution in [0.15, 0.2) is 30.5 Å². The number of hydrogen-bond acceptors (Lipinski definition) is 2. The van der Waals surface area contributed by atoms with Gasteiger partial charge in [0.2, 0.25) is 5.91 Å². The van der Waals surface area contributed by atoms with Gasteiger partial charge in [0.15, 0.2) is 5.11 Å². The molecular weight excluding hydrogens is 332 g/mol. The molecule has 4 N–H and O–H groups in total. The first kappa shape index (κ1) is 17.7. The first-order chi connectivity index (χ1) is 12.1. The number of benzene rings is 1. The molecule has 1 amide bonds. The predicted molar refractivity (Wildman–Crippen MR) is 105 cm³/mol. The van der Waals surface area contributed by atoms with Crippen LogP contribution < -0.4 is 16.2 Å². The first-order valence-electron chi connectivity index (χ1n) is 9.04. The van der Waals surface area contributed by atoms with Crippen LogP contribution in [0.1, 0.15) is 44.6 Å². The predicted octanol–water partition coefficient (Wildman–Crippen LogP) is 3.17. The molecule has 0 aliphatic heterocycles. The number of para-hydroxylation sites is 1. The lowest BCUT2D eigenvalue weighted by atomic mass is 9.86. The highest BCUT2D eigenvalue weighted by molar-refractivity contribution is 7.80. The summed E-state index contributed by atoms with van der Waals surface area (Å²) in [6.45, 7) is 2.25. The minimum Gasteiger partial charge on any atom is -0.361 e. The van der Waals surface area contributed by atoms with Gasteiger partial charge in [0.25, 0.3) is 0 Å². The Kier molecular flexibility index (Phi) is 5.91. The van der Waals surface area contributed by atoms with Gasteiger partial charge in [-0.3, -0.25) is 15.6 Å². The van der Waals surface area contributed by atoms with Crippen molar-refractivity contribution in [1.29, 1.82) is 0 Å². The van der Waals surface area contributed by atoms with E-state index in [4.69, 9.17) is 12.2 Å². The molecule has 3 rings (SSSR count). The maximum Gasteiger partial charge on any atom is 0.238 e. The molecule has 0 saturated heterocycles. The number of thiocarbonyl (C=S) groups is 1. The van der Waals surface area contributed by atoms with Crippen LogP contribution in [-0.2, 0) is 11.2 Å². The Morgan fingerprint density at radius 3 is 2.88 bits per heavy atom. The van der Waals surface area contributed by atoms with Gasteiger partial charge in [0, 0.05) is 29.6 Å². The zero-order valence-electron chi connectivity index (χ0n) is 14.6. The Bertz CT molecular complexity index is 742. The van der Waals surface area contributed by atoms with E-state index in [0.29, 0.717) is 29.9 Å². The lowest BCUT2D eigenvalue weighted by Gasteiger charge is -2.30. The summed E-state index contributed by atoms with van der Waals surface area (Å²) in [5.74, 6) is 0.553. The number of aromatic nitrogens is 1. The molecule has 1 aliphatic carbocycles. The van der Waals surface area contributed by atoms with Crippen LogP contribution in [0.5, 0.6) is 0 Å². The number of amides is 1. The molecule has 5 nitrogen and oxygen atoms in total. The monoisotopic (exact) mass is 358 g/mol. The highest BCUT2D eigenvalue weighted by Gasteiger charge is 2.21. The molecule has 0 spiro atoms. The van der Waals surface area contributed by atoms with E-state index in [1.54, 1.807) is 0 Å². The van der Waals surface area contributed by atoms with Crippen molar-refractivity contribution >= 4 is 34.1 Å². The minimum atomic E-state index is -0.0638. The van der Waals surface area contributed by atoms with Crippen molar-refractivity contribution in [2.75, 3.05) is 0 Å². The third-order valence-electron chi connectivity index (χ3n) is 5.04. The lowest BCUT2D eigenvalue weighted by molar-refractivity contribution is -0.121. The minimum absolute atomic E-state index is 0.0638. The van der Waals surface area contributed by atoms with Gasteiger partial charge >= 0.3 is 0 Å². The number of hydrogen-bond donors (Lipinski definition) is 4. The lowest BCUT2D eigenvalue weighted by Crippen LogP contribution is -2.51. The smallest absolute Gasteiger partial charge is 0.238 e. The highest BCUT2D eigenvalue weighted by Crippen LogP contribution is 2.23. The van der Waals surface area contributed by atoms with E-state index in [2.05, 4.69) is 34.1 Å². The third kappa shape index (κ3) is 4.72. The summed E-state index contributed by atoms with van der Waals surface area (Å²) in [7, 11) is 0. The summed E-state index contributed by atoms with van der Waals surface area (Å²) >= 11 is 5.29. The summed E-state index contributed by atoms with van der Waals surface area (Å²) in [5, 5.41) is 4.99. The second-order valence-corrected chi connectivity index (χ2v) is 7.28. The number of carbonyl (C=O) groups excluding carboxylic acids is 1. The molecule has 1 saturated carbocycles. The fourth-order valence-corrected chi connectivity index (χ4v) is 3.71. The molecule has 0 radical (unpaired) electrons. The quantitative estimate of drug-likeness (QED) is 0.501. The summed E-state index contributed by atoms with van der Waals surface area (Å²) in [6.07, 6.45) is 7.98. The van der Waals surface area contributed by atoms with Crippen LogP contribution in [0.2, 0.25) is 0 Å². The second-order valence-electron chi connectivity index (χ2n) is 6.87. The Balaban J connectivity index is 1.41. The molecule has 25 heavy (non-hydrogen) atoms. The topological polar surface area (TPSA) is 68.9 Å². The van der Waals surface area contributed by atoms with Gasteiger partial charge in [0.1, 0.15) is 0 Å². The van der Waals surface area contributed by atoms with Gasteiger partial charge in [-0.15, -0.1) is 0 Å². The molecule has 2 aromatic rings. The summed E-state index contributed by atoms with van der Waals surface area (Å²) < 4.78 is 0. The number of aromatic amines is 1. The third-order valence-corrected chi connectivity index (χ3v) is 5.26. The molecule has 1 aliphatic rings. The van der Waals surface area contributed by atoms with E-state index in [1.807, 2.05) is 24.4 Å². The molecule has 1 aromatic carbocycles. The van der Waals surface area contributed by atoms with Crippen LogP contribution in [0.3, 0.4) is 0 Å². The van der Waals surface area contributed by atoms with Gasteiger partial charge in [0.05, 0.1) is 0 Å². The SMILES string of the molecule is C[C@@H]1CCCC[C@@H]1NC(=S)NNC(=O)CCc1c[nH]c2ccccc12. The number of aryl methyl sites for hydroxylation is 1. The van der Waals surface area contributed by atoms with Crippen LogP contribution in [0.4, 0.5) is 0 Å². The fourth-order valence-electron chi connectivity index (χ4n) is 3.51. The standard InChI is InChI=1S/C19H26N4OS/c1-13-6-2-4-8-16(13)21-19(25)23-22-18(24)11-10-14-12-20-17-9-5-3-7-15(14)17/h3,5,7,9,12-13,16,20H,2,4,6,8,10-11H2,1H3,(H,22,24)(H2,21,23,25)/t13-,16+/m1/s1. The van der Waals surface area contributed by atoms with Crippen molar-refractivity contribution in [2.45, 2.75) is 51.5 Å². The van der Waals surface area contributed by atoms with Crippen molar-refractivity contribution in [3.8, 4) is 0 Å². The van der Waals surface area contributed by atoms with Gasteiger partial charge in [-0.2, -0.15) is 0 Å². The van der Waals surface area contributed by atoms with Gasteiger partial charge < -0.3 is 10.3 Å². The van der Waals surface area contributed by atoms with Crippen molar-refractivity contribution in [2.24, 2.45) is 5.92 Å². The zero-order valence-corrected chi connectivity index (χ0v) is 15.4. The van der Waals surface area contributed by atoms with Crippen molar-refractivity contribution in [3.63, 3.8) is 0 Å². The second kappa shape index (κ2) is 8.34. The average Bonchev–Trinajstić information content (AvgIpc) is 3.03. The van der Waals surface area contributed by atoms with Crippen LogP contribution in [-0.4, -0.2) is 22.0 Å². The van der Waals surface area contributed by atoms with Crippen molar-refractivity contribution < 1.29 is 4.79 Å². The number of nitrogens with one attached hydrogen (secondary N) is 4. The summed E-state index contributed by atoms with van der Waals surface area (Å²) in [6, 6.07) is 8.52. The Morgan fingerprint density at radius 1 is 1.24 bits per heavy atom. The van der Waals surface area contributed by atoms with Gasteiger partial charge in [-0.1, -0.05) is 38.0 Å². The summed E-state index contributed by atoms with van der Waals surface area (Å²) in [5.41, 5.74) is 7.78. The number of hydrazine groups is 1. The van der Waals surface area contributed by atoms with Crippen LogP contribution in [0, 0.1) is 5.92 Å². The number of rotatable bonds is 4. The number of H-pyrrole nitrogens is 1. The van der Waals surface area contributed by atoms with E-state index in [0.717, 1.165) is 17.5 Å². The van der Waals surface area contributed by atoms with E-state index in [-0.39, 0.29) is 5.91 Å². The normalized spacial score (nSPS) is 20.2. The van der Waals surface area contributed by atoms with Gasteiger partial charge in [-0.05, 0) is 49.0 Å². The fraction of sp³-hybridized carbons (Fsp3) is 0.474. The van der Waals surface area contributed by atoms with Gasteiger partial charge in [-0.25, -0.2) is 0 Å².